The van der Waals surface area contributed by atoms with Crippen molar-refractivity contribution >= 4 is 10.9 Å². The van der Waals surface area contributed by atoms with Crippen molar-refractivity contribution in [2.24, 2.45) is 10.8 Å². The maximum atomic E-state index is 3.46. The maximum absolute atomic E-state index is 3.46. The van der Waals surface area contributed by atoms with Gasteiger partial charge in [0.25, 0.3) is 0 Å². The third-order valence-corrected chi connectivity index (χ3v) is 5.78. The van der Waals surface area contributed by atoms with Gasteiger partial charge in [0.1, 0.15) is 0 Å². The van der Waals surface area contributed by atoms with Gasteiger partial charge in [0.15, 0.2) is 0 Å². The summed E-state index contributed by atoms with van der Waals surface area (Å²) in [5, 5.41) is 1.39. The van der Waals surface area contributed by atoms with Crippen molar-refractivity contribution in [3.63, 3.8) is 0 Å². The number of H-pyrrole nitrogens is 1. The Balaban J connectivity index is 1.62. The first kappa shape index (κ1) is 12.2. The molecular weight excluding hydrogens is 258 g/mol. The van der Waals surface area contributed by atoms with Gasteiger partial charge in [-0.05, 0) is 23.3 Å². The number of hydrogen-bond acceptors (Lipinski definition) is 2. The highest BCUT2D eigenvalue weighted by molar-refractivity contribution is 5.83. The molecule has 3 nitrogen and oxygen atoms in total. The summed E-state index contributed by atoms with van der Waals surface area (Å²) >= 11 is 0. The normalized spacial score (nSPS) is 44.6. The van der Waals surface area contributed by atoms with E-state index in [0.29, 0.717) is 17.0 Å². The fraction of sp³-hybridized carbons (Fsp3) is 0.556. The quantitative estimate of drug-likeness (QED) is 0.867. The Bertz CT molecular complexity index is 680. The van der Waals surface area contributed by atoms with Crippen LogP contribution in [0, 0.1) is 10.8 Å². The van der Waals surface area contributed by atoms with Gasteiger partial charge in [-0.25, -0.2) is 0 Å². The van der Waals surface area contributed by atoms with Crippen molar-refractivity contribution < 1.29 is 0 Å². The first-order valence-corrected chi connectivity index (χ1v) is 8.10. The van der Waals surface area contributed by atoms with E-state index in [9.17, 15) is 0 Å². The Morgan fingerprint density at radius 3 is 2.29 bits per heavy atom. The van der Waals surface area contributed by atoms with Crippen molar-refractivity contribution in [1.82, 2.24) is 14.8 Å². The Labute approximate surface area is 125 Å². The number of benzene rings is 1. The lowest BCUT2D eigenvalue weighted by Gasteiger charge is -2.66. The van der Waals surface area contributed by atoms with Gasteiger partial charge in [0.05, 0.1) is 6.17 Å². The summed E-state index contributed by atoms with van der Waals surface area (Å²) in [6.45, 7) is 9.98. The van der Waals surface area contributed by atoms with Gasteiger partial charge in [-0.2, -0.15) is 0 Å². The van der Waals surface area contributed by atoms with Crippen molar-refractivity contribution in [2.75, 3.05) is 26.2 Å². The van der Waals surface area contributed by atoms with Crippen molar-refractivity contribution in [3.05, 3.63) is 36.0 Å². The Hall–Kier alpha value is -1.32. The molecule has 0 saturated carbocycles. The molecule has 4 aliphatic rings. The van der Waals surface area contributed by atoms with Gasteiger partial charge < -0.3 is 4.98 Å². The third kappa shape index (κ3) is 1.62. The average molecular weight is 281 g/mol. The fourth-order valence-electron chi connectivity index (χ4n) is 5.70. The number of nitrogens with zero attached hydrogens (tertiary/aromatic N) is 2. The van der Waals surface area contributed by atoms with Crippen LogP contribution in [0.1, 0.15) is 32.0 Å². The molecule has 110 valence electrons. The Morgan fingerprint density at radius 1 is 1.00 bits per heavy atom. The van der Waals surface area contributed by atoms with Gasteiger partial charge in [0.2, 0.25) is 0 Å². The molecule has 4 fully saturated rings. The highest BCUT2D eigenvalue weighted by Crippen LogP contribution is 2.54. The van der Waals surface area contributed by atoms with Gasteiger partial charge >= 0.3 is 0 Å². The van der Waals surface area contributed by atoms with Crippen LogP contribution in [-0.4, -0.2) is 41.0 Å². The van der Waals surface area contributed by atoms with Crippen LogP contribution in [-0.2, 0) is 0 Å². The molecule has 4 saturated heterocycles. The molecule has 1 N–H and O–H groups in total. The summed E-state index contributed by atoms with van der Waals surface area (Å²) in [4.78, 5) is 8.92. The molecule has 1 aromatic carbocycles. The van der Waals surface area contributed by atoms with Crippen molar-refractivity contribution in [2.45, 2.75) is 26.4 Å². The molecule has 3 heteroatoms. The Morgan fingerprint density at radius 2 is 1.62 bits per heavy atom. The second-order valence-corrected chi connectivity index (χ2v) is 8.27. The zero-order chi connectivity index (χ0) is 14.2. The molecule has 2 aromatic rings. The SMILES string of the molecule is CC12CN3CC(C)(CN(C1)C3c1c[nH]c3ccccc13)C2. The summed E-state index contributed by atoms with van der Waals surface area (Å²) < 4.78 is 0. The van der Waals surface area contributed by atoms with E-state index in [-0.39, 0.29) is 0 Å². The van der Waals surface area contributed by atoms with Gasteiger partial charge in [-0.15, -0.1) is 0 Å². The number of fused-ring (bicyclic) bond motifs is 1. The molecule has 5 heterocycles. The highest BCUT2D eigenvalue weighted by Gasteiger charge is 2.56. The molecule has 4 bridgehead atoms. The van der Waals surface area contributed by atoms with Crippen molar-refractivity contribution in [3.8, 4) is 0 Å². The van der Waals surface area contributed by atoms with E-state index in [0.717, 1.165) is 0 Å². The van der Waals surface area contributed by atoms with Crippen LogP contribution in [0.15, 0.2) is 30.5 Å². The third-order valence-electron chi connectivity index (χ3n) is 5.78. The van der Waals surface area contributed by atoms with Crippen molar-refractivity contribution in [1.29, 1.82) is 0 Å². The van der Waals surface area contributed by atoms with E-state index in [1.54, 1.807) is 0 Å². The van der Waals surface area contributed by atoms with Crippen LogP contribution in [0.2, 0.25) is 0 Å². The Kier molecular flexibility index (Phi) is 2.16. The lowest BCUT2D eigenvalue weighted by molar-refractivity contribution is -0.194. The minimum Gasteiger partial charge on any atom is -0.361 e. The van der Waals surface area contributed by atoms with E-state index in [2.05, 4.69) is 59.1 Å². The zero-order valence-corrected chi connectivity index (χ0v) is 12.9. The maximum Gasteiger partial charge on any atom is 0.0907 e. The molecule has 0 unspecified atom stereocenters. The van der Waals surface area contributed by atoms with Gasteiger partial charge in [0, 0.05) is 48.8 Å². The summed E-state index contributed by atoms with van der Waals surface area (Å²) in [6, 6.07) is 8.71. The molecule has 0 atom stereocenters. The number of para-hydroxylation sites is 1. The second kappa shape index (κ2) is 3.71. The second-order valence-electron chi connectivity index (χ2n) is 8.27. The lowest BCUT2D eigenvalue weighted by atomic mass is 9.63. The smallest absolute Gasteiger partial charge is 0.0907 e. The molecule has 21 heavy (non-hydrogen) atoms. The van der Waals surface area contributed by atoms with E-state index >= 15 is 0 Å². The first-order valence-electron chi connectivity index (χ1n) is 8.10. The fourth-order valence-corrected chi connectivity index (χ4v) is 5.70. The molecule has 0 spiro atoms. The molecule has 0 amide bonds. The first-order chi connectivity index (χ1) is 10.1. The monoisotopic (exact) mass is 281 g/mol. The number of nitrogens with one attached hydrogen (secondary N) is 1. The molecule has 6 rings (SSSR count). The predicted molar refractivity (Wildman–Crippen MR) is 85.0 cm³/mol. The van der Waals surface area contributed by atoms with Crippen LogP contribution in [0.3, 0.4) is 0 Å². The molecule has 4 aliphatic heterocycles. The highest BCUT2D eigenvalue weighted by atomic mass is 15.4. The largest absolute Gasteiger partial charge is 0.361 e. The van der Waals surface area contributed by atoms with Crippen LogP contribution < -0.4 is 0 Å². The molecular formula is C18H23N3. The van der Waals surface area contributed by atoms with Crippen LogP contribution >= 0.6 is 0 Å². The summed E-state index contributed by atoms with van der Waals surface area (Å²) in [5.41, 5.74) is 3.72. The number of aromatic nitrogens is 1. The summed E-state index contributed by atoms with van der Waals surface area (Å²) in [5.74, 6) is 0. The minimum atomic E-state index is 0.475. The molecule has 0 radical (unpaired) electrons. The predicted octanol–water partition coefficient (Wildman–Crippen LogP) is 3.21. The number of piperidine rings is 2. The number of hydrogen-bond donors (Lipinski definition) is 1. The van der Waals surface area contributed by atoms with E-state index in [1.165, 1.54) is 49.1 Å². The van der Waals surface area contributed by atoms with E-state index in [1.807, 2.05) is 0 Å². The van der Waals surface area contributed by atoms with Gasteiger partial charge in [-0.3, -0.25) is 9.80 Å². The van der Waals surface area contributed by atoms with Gasteiger partial charge in [-0.1, -0.05) is 32.0 Å². The standard InChI is InChI=1S/C18H23N3/c1-17-8-18(2)11-20(9-17)16(21(10-17)12-18)14-7-19-15-6-4-3-5-13(14)15/h3-7,16,19H,8-12H2,1-2H3. The van der Waals surface area contributed by atoms with E-state index < -0.39 is 0 Å². The van der Waals surface area contributed by atoms with E-state index in [4.69, 9.17) is 0 Å². The molecule has 0 aliphatic carbocycles. The number of rotatable bonds is 1. The number of aromatic amines is 1. The lowest BCUT2D eigenvalue weighted by Crippen LogP contribution is -2.70. The van der Waals surface area contributed by atoms with Crippen LogP contribution in [0.5, 0.6) is 0 Å². The summed E-state index contributed by atoms with van der Waals surface area (Å²) in [6.07, 6.45) is 4.11. The average Bonchev–Trinajstić information content (AvgIpc) is 2.79. The van der Waals surface area contributed by atoms with Crippen LogP contribution in [0.4, 0.5) is 0 Å². The summed E-state index contributed by atoms with van der Waals surface area (Å²) in [7, 11) is 0. The topological polar surface area (TPSA) is 22.3 Å². The minimum absolute atomic E-state index is 0.475. The molecule has 1 aromatic heterocycles. The zero-order valence-electron chi connectivity index (χ0n) is 12.9. The van der Waals surface area contributed by atoms with Crippen LogP contribution in [0.25, 0.3) is 10.9 Å².